The molecule has 148 valence electrons. The molecule has 0 bridgehead atoms. The lowest BCUT2D eigenvalue weighted by Gasteiger charge is -2.21. The van der Waals surface area contributed by atoms with Crippen LogP contribution in [-0.4, -0.2) is 39.0 Å². The van der Waals surface area contributed by atoms with Gasteiger partial charge in [0.05, 0.1) is 22.7 Å². The molecule has 5 N–H and O–H groups in total. The van der Waals surface area contributed by atoms with Crippen molar-refractivity contribution >= 4 is 27.3 Å². The zero-order chi connectivity index (χ0) is 19.9. The summed E-state index contributed by atoms with van der Waals surface area (Å²) in [5.74, 6) is -0.0375. The second-order valence-electron chi connectivity index (χ2n) is 7.18. The van der Waals surface area contributed by atoms with Crippen LogP contribution < -0.4 is 21.2 Å². The number of nitrogens with two attached hydrogens (primary N) is 1. The summed E-state index contributed by atoms with van der Waals surface area (Å²) in [4.78, 5) is 12.5. The van der Waals surface area contributed by atoms with Crippen LogP contribution in [0, 0.1) is 0 Å². The van der Waals surface area contributed by atoms with Crippen molar-refractivity contribution in [1.82, 2.24) is 10.3 Å². The molecule has 0 saturated carbocycles. The molecule has 0 aromatic heterocycles. The quantitative estimate of drug-likeness (QED) is 0.615. The van der Waals surface area contributed by atoms with Crippen LogP contribution in [0.3, 0.4) is 0 Å². The van der Waals surface area contributed by atoms with Crippen LogP contribution in [0.2, 0.25) is 0 Å². The number of carbonyl (C=O) groups is 1. The Morgan fingerprint density at radius 3 is 2.79 bits per heavy atom. The molecule has 1 saturated heterocycles. The van der Waals surface area contributed by atoms with Crippen molar-refractivity contribution in [2.45, 2.75) is 29.8 Å². The topological polar surface area (TPSA) is 117 Å². The summed E-state index contributed by atoms with van der Waals surface area (Å²) in [5.41, 5.74) is 6.63. The predicted molar refractivity (Wildman–Crippen MR) is 107 cm³/mol. The van der Waals surface area contributed by atoms with Crippen LogP contribution in [-0.2, 0) is 14.8 Å². The number of hydrazine groups is 1. The summed E-state index contributed by atoms with van der Waals surface area (Å²) >= 11 is 0. The van der Waals surface area contributed by atoms with Crippen molar-refractivity contribution < 1.29 is 13.2 Å². The summed E-state index contributed by atoms with van der Waals surface area (Å²) in [6.07, 6.45) is 1.84. The number of primary sulfonamides is 1. The highest BCUT2D eigenvalue weighted by Gasteiger charge is 2.30. The van der Waals surface area contributed by atoms with Gasteiger partial charge < -0.3 is 16.1 Å². The molecule has 2 aliphatic rings. The van der Waals surface area contributed by atoms with Gasteiger partial charge in [-0.2, -0.15) is 0 Å². The predicted octanol–water partition coefficient (Wildman–Crippen LogP) is 1.39. The van der Waals surface area contributed by atoms with E-state index in [0.29, 0.717) is 5.69 Å². The third-order valence-corrected chi connectivity index (χ3v) is 6.09. The summed E-state index contributed by atoms with van der Waals surface area (Å²) in [6.45, 7) is 0.861. The van der Waals surface area contributed by atoms with Gasteiger partial charge in [-0.15, -0.1) is 0 Å². The monoisotopic (exact) mass is 401 g/mol. The van der Waals surface area contributed by atoms with Gasteiger partial charge in [0.15, 0.2) is 0 Å². The number of fused-ring (bicyclic) bond motifs is 1. The van der Waals surface area contributed by atoms with Gasteiger partial charge in [-0.3, -0.25) is 4.79 Å². The van der Waals surface area contributed by atoms with E-state index < -0.39 is 10.0 Å². The van der Waals surface area contributed by atoms with Crippen LogP contribution in [0.25, 0.3) is 0 Å². The minimum Gasteiger partial charge on any atom is -0.325 e. The number of nitrogens with one attached hydrogen (secondary N) is 3. The van der Waals surface area contributed by atoms with E-state index >= 15 is 0 Å². The minimum absolute atomic E-state index is 0.0375. The van der Waals surface area contributed by atoms with Crippen LogP contribution in [0.5, 0.6) is 0 Å². The Bertz CT molecular complexity index is 1020. The molecule has 2 unspecified atom stereocenters. The van der Waals surface area contributed by atoms with Gasteiger partial charge in [-0.05, 0) is 55.3 Å². The highest BCUT2D eigenvalue weighted by atomic mass is 32.2. The van der Waals surface area contributed by atoms with Gasteiger partial charge in [0.1, 0.15) is 0 Å². The Hall–Kier alpha value is -2.46. The van der Waals surface area contributed by atoms with E-state index in [1.165, 1.54) is 6.07 Å². The van der Waals surface area contributed by atoms with E-state index in [9.17, 15) is 13.2 Å². The zero-order valence-electron chi connectivity index (χ0n) is 15.5. The molecule has 2 aliphatic heterocycles. The molecule has 2 atom stereocenters. The van der Waals surface area contributed by atoms with Crippen molar-refractivity contribution in [2.75, 3.05) is 24.3 Å². The molecule has 8 nitrogen and oxygen atoms in total. The second kappa shape index (κ2) is 7.17. The van der Waals surface area contributed by atoms with Crippen LogP contribution in [0.15, 0.2) is 47.4 Å². The molecular weight excluding hydrogens is 378 g/mol. The van der Waals surface area contributed by atoms with Gasteiger partial charge in [0.2, 0.25) is 15.9 Å². The van der Waals surface area contributed by atoms with Crippen LogP contribution in [0.4, 0.5) is 11.4 Å². The molecule has 9 heteroatoms. The molecular formula is C19H23N5O3S. The number of amides is 1. The van der Waals surface area contributed by atoms with Gasteiger partial charge in [0.25, 0.3) is 0 Å². The largest absolute Gasteiger partial charge is 0.325 e. The molecule has 2 aromatic rings. The van der Waals surface area contributed by atoms with E-state index in [0.717, 1.165) is 36.2 Å². The number of anilines is 2. The average molecular weight is 401 g/mol. The van der Waals surface area contributed by atoms with Crippen molar-refractivity contribution in [3.63, 3.8) is 0 Å². The molecule has 28 heavy (non-hydrogen) atoms. The first kappa shape index (κ1) is 18.9. The number of benzene rings is 2. The maximum absolute atomic E-state index is 12.4. The first-order valence-corrected chi connectivity index (χ1v) is 10.7. The highest BCUT2D eigenvalue weighted by molar-refractivity contribution is 7.89. The van der Waals surface area contributed by atoms with E-state index in [2.05, 4.69) is 16.1 Å². The smallest absolute Gasteiger partial charge is 0.241 e. The van der Waals surface area contributed by atoms with Gasteiger partial charge >= 0.3 is 0 Å². The lowest BCUT2D eigenvalue weighted by Crippen LogP contribution is -2.35. The Kier molecular flexibility index (Phi) is 4.84. The first-order valence-electron chi connectivity index (χ1n) is 9.13. The molecule has 0 aliphatic carbocycles. The Balaban J connectivity index is 1.65. The number of nitrogens with zero attached hydrogens (tertiary/aromatic N) is 1. The Labute approximate surface area is 164 Å². The number of carbonyl (C=O) groups excluding carboxylic acids is 1. The fraction of sp³-hybridized carbons (Fsp3) is 0.316. The number of hydrogen-bond acceptors (Lipinski definition) is 6. The molecule has 0 radical (unpaired) electrons. The third kappa shape index (κ3) is 3.61. The van der Waals surface area contributed by atoms with Crippen molar-refractivity contribution in [1.29, 1.82) is 0 Å². The van der Waals surface area contributed by atoms with Gasteiger partial charge in [-0.1, -0.05) is 12.1 Å². The molecule has 4 rings (SSSR count). The average Bonchev–Trinajstić information content (AvgIpc) is 3.28. The fourth-order valence-electron chi connectivity index (χ4n) is 3.83. The standard InChI is InChI=1S/C19H23N5O3S/c1-24-18(12-4-2-5-14(10-12)28(20,26)27)15-11-13(7-8-16(15)23-24)22-19(25)17-6-3-9-21-17/h2,4-5,7-8,10-11,17-18,21,23H,3,6,9H2,1H3,(H,22,25)(H2,20,26,27). The summed E-state index contributed by atoms with van der Waals surface area (Å²) in [7, 11) is -1.90. The first-order chi connectivity index (χ1) is 13.3. The minimum atomic E-state index is -3.79. The lowest BCUT2D eigenvalue weighted by atomic mass is 9.98. The maximum Gasteiger partial charge on any atom is 0.241 e. The summed E-state index contributed by atoms with van der Waals surface area (Å²) < 4.78 is 23.4. The molecule has 1 amide bonds. The fourth-order valence-corrected chi connectivity index (χ4v) is 4.40. The molecule has 2 aromatic carbocycles. The molecule has 2 heterocycles. The molecule has 0 spiro atoms. The lowest BCUT2D eigenvalue weighted by molar-refractivity contribution is -0.117. The summed E-state index contributed by atoms with van der Waals surface area (Å²) in [6, 6.07) is 11.9. The van der Waals surface area contributed by atoms with Crippen molar-refractivity contribution in [3.05, 3.63) is 53.6 Å². The number of sulfonamides is 1. The van der Waals surface area contributed by atoms with Crippen molar-refractivity contribution in [3.8, 4) is 0 Å². The third-order valence-electron chi connectivity index (χ3n) is 5.18. The highest BCUT2D eigenvalue weighted by Crippen LogP contribution is 2.40. The van der Waals surface area contributed by atoms with Crippen LogP contribution >= 0.6 is 0 Å². The maximum atomic E-state index is 12.4. The number of hydrogen-bond donors (Lipinski definition) is 4. The SMILES string of the molecule is CN1Nc2ccc(NC(=O)C3CCCN3)cc2C1c1cccc(S(N)(=O)=O)c1. The van der Waals surface area contributed by atoms with E-state index in [-0.39, 0.29) is 22.9 Å². The van der Waals surface area contributed by atoms with Gasteiger partial charge in [0, 0.05) is 18.3 Å². The molecule has 1 fully saturated rings. The zero-order valence-corrected chi connectivity index (χ0v) is 16.3. The van der Waals surface area contributed by atoms with E-state index in [1.807, 2.05) is 36.3 Å². The van der Waals surface area contributed by atoms with Crippen LogP contribution in [0.1, 0.15) is 30.0 Å². The summed E-state index contributed by atoms with van der Waals surface area (Å²) in [5, 5.41) is 13.3. The second-order valence-corrected chi connectivity index (χ2v) is 8.74. The number of rotatable bonds is 4. The Morgan fingerprint density at radius 1 is 1.25 bits per heavy atom. The van der Waals surface area contributed by atoms with E-state index in [4.69, 9.17) is 5.14 Å². The Morgan fingerprint density at radius 2 is 2.07 bits per heavy atom. The van der Waals surface area contributed by atoms with E-state index in [1.54, 1.807) is 12.1 Å². The van der Waals surface area contributed by atoms with Gasteiger partial charge in [-0.25, -0.2) is 18.6 Å². The van der Waals surface area contributed by atoms with Crippen molar-refractivity contribution in [2.24, 2.45) is 5.14 Å². The normalized spacial score (nSPS) is 21.9.